The molecular weight excluding hydrogens is 260 g/mol. The van der Waals surface area contributed by atoms with E-state index in [4.69, 9.17) is 9.52 Å². The Morgan fingerprint density at radius 2 is 2.20 bits per heavy atom. The topological polar surface area (TPSA) is 94.0 Å². The summed E-state index contributed by atoms with van der Waals surface area (Å²) in [6.07, 6.45) is 4.22. The third-order valence-electron chi connectivity index (χ3n) is 3.03. The molecule has 0 aromatic carbocycles. The van der Waals surface area contributed by atoms with E-state index in [1.165, 1.54) is 0 Å². The molecule has 0 unspecified atom stereocenters. The Morgan fingerprint density at radius 3 is 2.85 bits per heavy atom. The van der Waals surface area contributed by atoms with Gasteiger partial charge in [0.2, 0.25) is 5.89 Å². The van der Waals surface area contributed by atoms with Crippen molar-refractivity contribution < 1.29 is 14.3 Å². The minimum absolute atomic E-state index is 0.197. The van der Waals surface area contributed by atoms with E-state index in [2.05, 4.69) is 15.3 Å². The first kappa shape index (κ1) is 14.2. The van der Waals surface area contributed by atoms with E-state index in [9.17, 15) is 4.79 Å². The van der Waals surface area contributed by atoms with Crippen LogP contribution in [0.5, 0.6) is 0 Å². The number of unbranched alkanes of at least 4 members (excludes halogenated alkanes) is 1. The summed E-state index contributed by atoms with van der Waals surface area (Å²) < 4.78 is 7.17. The molecule has 7 nitrogen and oxygen atoms in total. The van der Waals surface area contributed by atoms with E-state index >= 15 is 0 Å². The third kappa shape index (κ3) is 3.91. The number of aryl methyl sites for hydroxylation is 3. The van der Waals surface area contributed by atoms with Crippen LogP contribution in [-0.4, -0.2) is 31.1 Å². The second kappa shape index (κ2) is 6.31. The number of rotatable bonds is 7. The molecule has 0 aliphatic rings. The van der Waals surface area contributed by atoms with Gasteiger partial charge in [0.1, 0.15) is 12.3 Å². The molecule has 0 fully saturated rings. The van der Waals surface area contributed by atoms with E-state index < -0.39 is 5.97 Å². The second-order valence-corrected chi connectivity index (χ2v) is 4.76. The predicted molar refractivity (Wildman–Crippen MR) is 70.3 cm³/mol. The van der Waals surface area contributed by atoms with Crippen LogP contribution in [0.1, 0.15) is 42.3 Å². The average Bonchev–Trinajstić information content (AvgIpc) is 2.93. The number of aromatic nitrogens is 4. The van der Waals surface area contributed by atoms with Crippen LogP contribution in [0.2, 0.25) is 0 Å². The van der Waals surface area contributed by atoms with Crippen molar-refractivity contribution in [3.8, 4) is 0 Å². The monoisotopic (exact) mass is 278 g/mol. The summed E-state index contributed by atoms with van der Waals surface area (Å²) in [4.78, 5) is 14.7. The zero-order valence-electron chi connectivity index (χ0n) is 11.7. The van der Waals surface area contributed by atoms with Crippen LogP contribution in [0.4, 0.5) is 0 Å². The third-order valence-corrected chi connectivity index (χ3v) is 3.03. The van der Waals surface area contributed by atoms with Gasteiger partial charge in [0.15, 0.2) is 0 Å². The summed E-state index contributed by atoms with van der Waals surface area (Å²) in [7, 11) is 0. The van der Waals surface area contributed by atoms with Gasteiger partial charge in [0.25, 0.3) is 0 Å². The van der Waals surface area contributed by atoms with Crippen molar-refractivity contribution in [1.82, 2.24) is 20.0 Å². The lowest BCUT2D eigenvalue weighted by Gasteiger charge is -1.95. The maximum atomic E-state index is 10.4. The van der Waals surface area contributed by atoms with Crippen molar-refractivity contribution in [2.75, 3.05) is 0 Å². The van der Waals surface area contributed by atoms with Crippen LogP contribution in [0.3, 0.4) is 0 Å². The van der Waals surface area contributed by atoms with Crippen LogP contribution >= 0.6 is 0 Å². The fourth-order valence-electron chi connectivity index (χ4n) is 1.86. The molecule has 0 aliphatic heterocycles. The summed E-state index contributed by atoms with van der Waals surface area (Å²) >= 11 is 0. The molecule has 2 heterocycles. The Kier molecular flexibility index (Phi) is 4.49. The maximum absolute atomic E-state index is 10.4. The molecule has 2 rings (SSSR count). The lowest BCUT2D eigenvalue weighted by atomic mass is 10.1. The molecule has 0 aliphatic carbocycles. The number of hydrogen-bond acceptors (Lipinski definition) is 5. The molecule has 1 N–H and O–H groups in total. The Morgan fingerprint density at radius 1 is 1.40 bits per heavy atom. The molecule has 0 spiro atoms. The van der Waals surface area contributed by atoms with Gasteiger partial charge in [-0.3, -0.25) is 4.79 Å². The molecule has 108 valence electrons. The van der Waals surface area contributed by atoms with Crippen LogP contribution in [0, 0.1) is 13.8 Å². The van der Waals surface area contributed by atoms with Gasteiger partial charge in [0, 0.05) is 12.6 Å². The molecule has 2 aromatic heterocycles. The Bertz CT molecular complexity index is 569. The quantitative estimate of drug-likeness (QED) is 0.775. The smallest absolute Gasteiger partial charge is 0.303 e. The molecule has 0 radical (unpaired) electrons. The molecule has 0 bridgehead atoms. The summed E-state index contributed by atoms with van der Waals surface area (Å²) in [6.45, 7) is 4.23. The van der Waals surface area contributed by atoms with Crippen molar-refractivity contribution in [2.24, 2.45) is 0 Å². The van der Waals surface area contributed by atoms with Crippen LogP contribution in [-0.2, 0) is 17.8 Å². The Balaban J connectivity index is 1.84. The number of carbonyl (C=O) groups is 1. The molecule has 7 heteroatoms. The fraction of sp³-hybridized carbons (Fsp3) is 0.538. The highest BCUT2D eigenvalue weighted by Crippen LogP contribution is 2.10. The largest absolute Gasteiger partial charge is 0.481 e. The lowest BCUT2D eigenvalue weighted by Crippen LogP contribution is -2.00. The van der Waals surface area contributed by atoms with Crippen molar-refractivity contribution in [2.45, 2.75) is 46.1 Å². The average molecular weight is 278 g/mol. The second-order valence-electron chi connectivity index (χ2n) is 4.76. The van der Waals surface area contributed by atoms with Crippen molar-refractivity contribution in [3.05, 3.63) is 29.2 Å². The van der Waals surface area contributed by atoms with Crippen molar-refractivity contribution in [1.29, 1.82) is 0 Å². The minimum Gasteiger partial charge on any atom is -0.481 e. The minimum atomic E-state index is -0.761. The van der Waals surface area contributed by atoms with Gasteiger partial charge in [-0.1, -0.05) is 5.21 Å². The van der Waals surface area contributed by atoms with Gasteiger partial charge in [-0.25, -0.2) is 9.67 Å². The number of nitrogens with zero attached hydrogens (tertiary/aromatic N) is 4. The van der Waals surface area contributed by atoms with Crippen LogP contribution in [0.25, 0.3) is 0 Å². The molecule has 0 saturated heterocycles. The van der Waals surface area contributed by atoms with Gasteiger partial charge < -0.3 is 9.52 Å². The Labute approximate surface area is 116 Å². The molecule has 0 amide bonds. The normalized spacial score (nSPS) is 10.9. The lowest BCUT2D eigenvalue weighted by molar-refractivity contribution is -0.137. The van der Waals surface area contributed by atoms with Gasteiger partial charge in [0.05, 0.1) is 11.4 Å². The SMILES string of the molecule is Cc1nc(Cn2cc(CCCCC(=O)O)nn2)oc1C. The standard InChI is InChI=1S/C13H18N4O3/c1-9-10(2)20-12(14-9)8-17-7-11(15-16-17)5-3-4-6-13(18)19/h7H,3-6,8H2,1-2H3,(H,18,19). The maximum Gasteiger partial charge on any atom is 0.303 e. The fourth-order valence-corrected chi connectivity index (χ4v) is 1.86. The molecular formula is C13H18N4O3. The number of carboxylic acids is 1. The van der Waals surface area contributed by atoms with Crippen molar-refractivity contribution in [3.63, 3.8) is 0 Å². The predicted octanol–water partition coefficient (Wildman–Crippen LogP) is 1.73. The van der Waals surface area contributed by atoms with Crippen LogP contribution < -0.4 is 0 Å². The number of oxazole rings is 1. The first-order valence-electron chi connectivity index (χ1n) is 6.58. The highest BCUT2D eigenvalue weighted by Gasteiger charge is 2.08. The van der Waals surface area contributed by atoms with E-state index in [1.807, 2.05) is 20.0 Å². The molecule has 20 heavy (non-hydrogen) atoms. The van der Waals surface area contributed by atoms with E-state index in [0.29, 0.717) is 18.9 Å². The van der Waals surface area contributed by atoms with Gasteiger partial charge in [-0.05, 0) is 33.1 Å². The zero-order valence-corrected chi connectivity index (χ0v) is 11.7. The molecule has 0 atom stereocenters. The summed E-state index contributed by atoms with van der Waals surface area (Å²) in [5, 5.41) is 16.6. The zero-order chi connectivity index (χ0) is 14.5. The number of aliphatic carboxylic acids is 1. The summed E-state index contributed by atoms with van der Waals surface area (Å²) in [5.74, 6) is 0.666. The van der Waals surface area contributed by atoms with Gasteiger partial charge in [-0.2, -0.15) is 0 Å². The van der Waals surface area contributed by atoms with Gasteiger partial charge >= 0.3 is 5.97 Å². The Hall–Kier alpha value is -2.18. The van der Waals surface area contributed by atoms with Crippen molar-refractivity contribution >= 4 is 5.97 Å². The summed E-state index contributed by atoms with van der Waals surface area (Å²) in [5.41, 5.74) is 1.74. The van der Waals surface area contributed by atoms with E-state index in [0.717, 1.165) is 30.0 Å². The first-order chi connectivity index (χ1) is 9.54. The highest BCUT2D eigenvalue weighted by molar-refractivity contribution is 5.66. The number of carboxylic acid groups (broad SMARTS) is 1. The van der Waals surface area contributed by atoms with Crippen LogP contribution in [0.15, 0.2) is 10.6 Å². The van der Waals surface area contributed by atoms with E-state index in [-0.39, 0.29) is 6.42 Å². The van der Waals surface area contributed by atoms with E-state index in [1.54, 1.807) is 4.68 Å². The molecule has 2 aromatic rings. The van der Waals surface area contributed by atoms with Gasteiger partial charge in [-0.15, -0.1) is 5.10 Å². The first-order valence-corrected chi connectivity index (χ1v) is 6.58. The molecule has 0 saturated carbocycles. The highest BCUT2D eigenvalue weighted by atomic mass is 16.4. The summed E-state index contributed by atoms with van der Waals surface area (Å²) in [6, 6.07) is 0. The number of hydrogen-bond donors (Lipinski definition) is 1.